The molecule has 0 radical (unpaired) electrons. The highest BCUT2D eigenvalue weighted by Crippen LogP contribution is 2.43. The van der Waals surface area contributed by atoms with Crippen molar-refractivity contribution in [3.8, 4) is 0 Å². The van der Waals surface area contributed by atoms with Crippen molar-refractivity contribution in [1.29, 1.82) is 0 Å². The number of hydrogen-bond donors (Lipinski definition) is 1. The Hall–Kier alpha value is -3.83. The molecule has 0 fully saturated rings. The number of fused-ring (bicyclic) bond motifs is 2. The van der Waals surface area contributed by atoms with Gasteiger partial charge in [0.15, 0.2) is 11.4 Å². The summed E-state index contributed by atoms with van der Waals surface area (Å²) in [4.78, 5) is 28.2. The van der Waals surface area contributed by atoms with E-state index in [0.717, 1.165) is 10.8 Å². The Morgan fingerprint density at radius 2 is 1.62 bits per heavy atom. The number of aliphatic hydroxyl groups is 1. The number of hydrogen-bond acceptors (Lipinski definition) is 3. The molecule has 1 heterocycles. The standard InChI is InChI=1S/C27H20FNO3/c28-20-10-5-7-18(15-20)17-29-24-14-4-3-13-23(24)27(32,26(29)31)16-25(30)22-12-6-9-19-8-1-2-11-21(19)22/h1-15,32H,16-17H2/t27-/m1/s1. The van der Waals surface area contributed by atoms with Gasteiger partial charge in [0.25, 0.3) is 5.91 Å². The number of anilines is 1. The van der Waals surface area contributed by atoms with E-state index in [1.54, 1.807) is 48.5 Å². The van der Waals surface area contributed by atoms with Crippen molar-refractivity contribution in [2.75, 3.05) is 4.90 Å². The molecule has 0 unspecified atom stereocenters. The number of amides is 1. The smallest absolute Gasteiger partial charge is 0.264 e. The van der Waals surface area contributed by atoms with Gasteiger partial charge in [-0.05, 0) is 34.5 Å². The maximum atomic E-state index is 13.7. The van der Waals surface area contributed by atoms with Gasteiger partial charge in [0.2, 0.25) is 0 Å². The van der Waals surface area contributed by atoms with Crippen LogP contribution in [0.3, 0.4) is 0 Å². The first-order valence-corrected chi connectivity index (χ1v) is 10.4. The van der Waals surface area contributed by atoms with Crippen molar-refractivity contribution < 1.29 is 19.1 Å². The first kappa shape index (κ1) is 20.1. The highest BCUT2D eigenvalue weighted by Gasteiger charge is 2.50. The third kappa shape index (κ3) is 3.27. The Labute approximate surface area is 184 Å². The molecule has 5 heteroatoms. The van der Waals surface area contributed by atoms with Gasteiger partial charge in [0.1, 0.15) is 5.82 Å². The highest BCUT2D eigenvalue weighted by molar-refractivity contribution is 6.13. The Kier molecular flexibility index (Phi) is 4.83. The number of nitrogens with zero attached hydrogens (tertiary/aromatic N) is 1. The summed E-state index contributed by atoms with van der Waals surface area (Å²) < 4.78 is 13.7. The van der Waals surface area contributed by atoms with Gasteiger partial charge in [-0.25, -0.2) is 4.39 Å². The van der Waals surface area contributed by atoms with E-state index in [9.17, 15) is 19.1 Å². The van der Waals surface area contributed by atoms with Crippen LogP contribution >= 0.6 is 0 Å². The fourth-order valence-electron chi connectivity index (χ4n) is 4.45. The maximum Gasteiger partial charge on any atom is 0.264 e. The fraction of sp³-hybridized carbons (Fsp3) is 0.111. The summed E-state index contributed by atoms with van der Waals surface area (Å²) in [6.07, 6.45) is -0.378. The minimum absolute atomic E-state index is 0.0956. The number of carbonyl (C=O) groups is 2. The van der Waals surface area contributed by atoms with E-state index in [1.165, 1.54) is 17.0 Å². The van der Waals surface area contributed by atoms with Crippen molar-refractivity contribution in [2.24, 2.45) is 0 Å². The third-order valence-corrected chi connectivity index (χ3v) is 5.98. The van der Waals surface area contributed by atoms with Crippen LogP contribution in [0.1, 0.15) is 27.9 Å². The first-order valence-electron chi connectivity index (χ1n) is 10.4. The summed E-state index contributed by atoms with van der Waals surface area (Å²) in [6.45, 7) is 0.0956. The molecule has 32 heavy (non-hydrogen) atoms. The van der Waals surface area contributed by atoms with E-state index in [0.29, 0.717) is 22.4 Å². The second kappa shape index (κ2) is 7.70. The van der Waals surface area contributed by atoms with Crippen molar-refractivity contribution in [1.82, 2.24) is 0 Å². The van der Waals surface area contributed by atoms with Gasteiger partial charge in [-0.3, -0.25) is 9.59 Å². The predicted molar refractivity (Wildman–Crippen MR) is 121 cm³/mol. The van der Waals surface area contributed by atoms with E-state index in [-0.39, 0.29) is 18.7 Å². The number of halogens is 1. The predicted octanol–water partition coefficient (Wildman–Crippen LogP) is 4.99. The molecule has 1 aliphatic heterocycles. The van der Waals surface area contributed by atoms with E-state index < -0.39 is 17.3 Å². The lowest BCUT2D eigenvalue weighted by molar-refractivity contribution is -0.136. The van der Waals surface area contributed by atoms with Crippen LogP contribution in [-0.2, 0) is 16.9 Å². The second-order valence-electron chi connectivity index (χ2n) is 8.03. The Morgan fingerprint density at radius 1 is 0.906 bits per heavy atom. The lowest BCUT2D eigenvalue weighted by atomic mass is 9.87. The molecule has 158 valence electrons. The minimum atomic E-state index is -1.99. The topological polar surface area (TPSA) is 57.6 Å². The van der Waals surface area contributed by atoms with Gasteiger partial charge in [-0.15, -0.1) is 0 Å². The van der Waals surface area contributed by atoms with Crippen LogP contribution in [0.2, 0.25) is 0 Å². The third-order valence-electron chi connectivity index (χ3n) is 5.98. The largest absolute Gasteiger partial charge is 0.375 e. The molecule has 4 nitrogen and oxygen atoms in total. The molecule has 0 aromatic heterocycles. The molecule has 0 saturated carbocycles. The molecule has 5 rings (SSSR count). The first-order chi connectivity index (χ1) is 15.5. The lowest BCUT2D eigenvalue weighted by Crippen LogP contribution is -2.41. The van der Waals surface area contributed by atoms with Crippen molar-refractivity contribution >= 4 is 28.2 Å². The van der Waals surface area contributed by atoms with E-state index in [2.05, 4.69) is 0 Å². The summed E-state index contributed by atoms with van der Waals surface area (Å²) >= 11 is 0. The molecule has 0 saturated heterocycles. The number of carbonyl (C=O) groups excluding carboxylic acids is 2. The van der Waals surface area contributed by atoms with Gasteiger partial charge >= 0.3 is 0 Å². The second-order valence-corrected chi connectivity index (χ2v) is 8.03. The quantitative estimate of drug-likeness (QED) is 0.459. The molecule has 1 aliphatic rings. The van der Waals surface area contributed by atoms with Gasteiger partial charge in [0, 0.05) is 11.1 Å². The number of ketones is 1. The van der Waals surface area contributed by atoms with Crippen molar-refractivity contribution in [3.05, 3.63) is 114 Å². The monoisotopic (exact) mass is 425 g/mol. The van der Waals surface area contributed by atoms with Crippen LogP contribution < -0.4 is 4.90 Å². The van der Waals surface area contributed by atoms with E-state index in [1.807, 2.05) is 30.3 Å². The highest BCUT2D eigenvalue weighted by atomic mass is 19.1. The SMILES string of the molecule is O=C(C[C@]1(O)C(=O)N(Cc2cccc(F)c2)c2ccccc21)c1cccc2ccccc12. The minimum Gasteiger partial charge on any atom is -0.375 e. The zero-order valence-corrected chi connectivity index (χ0v) is 17.2. The zero-order chi connectivity index (χ0) is 22.3. The average molecular weight is 425 g/mol. The number of para-hydroxylation sites is 1. The zero-order valence-electron chi connectivity index (χ0n) is 17.2. The molecule has 4 aromatic carbocycles. The van der Waals surface area contributed by atoms with Gasteiger partial charge in [0.05, 0.1) is 18.7 Å². The van der Waals surface area contributed by atoms with E-state index >= 15 is 0 Å². The Bertz CT molecular complexity index is 1360. The van der Waals surface area contributed by atoms with Crippen LogP contribution in [-0.4, -0.2) is 16.8 Å². The van der Waals surface area contributed by atoms with Crippen LogP contribution in [0.4, 0.5) is 10.1 Å². The van der Waals surface area contributed by atoms with Gasteiger partial charge < -0.3 is 10.0 Å². The molecular formula is C27H20FNO3. The normalized spacial score (nSPS) is 17.6. The summed E-state index contributed by atoms with van der Waals surface area (Å²) in [5, 5.41) is 13.2. The lowest BCUT2D eigenvalue weighted by Gasteiger charge is -2.23. The molecule has 4 aromatic rings. The molecule has 0 aliphatic carbocycles. The summed E-state index contributed by atoms with van der Waals surface area (Å²) in [6, 6.07) is 25.8. The summed E-state index contributed by atoms with van der Waals surface area (Å²) in [5.41, 5.74) is -0.0223. The molecule has 1 N–H and O–H groups in total. The van der Waals surface area contributed by atoms with Gasteiger partial charge in [-0.1, -0.05) is 72.8 Å². The van der Waals surface area contributed by atoms with Crippen molar-refractivity contribution in [3.63, 3.8) is 0 Å². The van der Waals surface area contributed by atoms with Crippen LogP contribution in [0.25, 0.3) is 10.8 Å². The maximum absolute atomic E-state index is 13.7. The number of rotatable bonds is 5. The molecule has 1 amide bonds. The molecule has 0 bridgehead atoms. The Morgan fingerprint density at radius 3 is 2.47 bits per heavy atom. The average Bonchev–Trinajstić information content (AvgIpc) is 3.00. The molecule has 1 atom stereocenters. The van der Waals surface area contributed by atoms with Crippen LogP contribution in [0.5, 0.6) is 0 Å². The van der Waals surface area contributed by atoms with Crippen LogP contribution in [0.15, 0.2) is 91.0 Å². The summed E-state index contributed by atoms with van der Waals surface area (Å²) in [7, 11) is 0. The van der Waals surface area contributed by atoms with E-state index in [4.69, 9.17) is 0 Å². The van der Waals surface area contributed by atoms with Crippen LogP contribution in [0, 0.1) is 5.82 Å². The fourth-order valence-corrected chi connectivity index (χ4v) is 4.45. The number of benzene rings is 4. The summed E-state index contributed by atoms with van der Waals surface area (Å²) in [5.74, 6) is -1.31. The Balaban J connectivity index is 1.52. The van der Waals surface area contributed by atoms with Gasteiger partial charge in [-0.2, -0.15) is 0 Å². The molecular weight excluding hydrogens is 405 g/mol. The van der Waals surface area contributed by atoms with Crippen molar-refractivity contribution in [2.45, 2.75) is 18.6 Å². The molecule has 0 spiro atoms. The number of Topliss-reactive ketones (excluding diaryl/α,β-unsaturated/α-hetero) is 1.